The third-order valence-electron chi connectivity index (χ3n) is 3.00. The Labute approximate surface area is 96.3 Å². The summed E-state index contributed by atoms with van der Waals surface area (Å²) in [7, 11) is -3.33. The second-order valence-corrected chi connectivity index (χ2v) is 6.44. The van der Waals surface area contributed by atoms with Crippen LogP contribution in [0.1, 0.15) is 39.0 Å². The first-order chi connectivity index (χ1) is 7.43. The molecule has 0 aromatic carbocycles. The number of hydrogen-bond acceptors (Lipinski definition) is 3. The molecule has 0 aromatic rings. The molecule has 0 bridgehead atoms. The minimum absolute atomic E-state index is 0.0197. The van der Waals surface area contributed by atoms with Crippen molar-refractivity contribution in [3.8, 4) is 0 Å². The summed E-state index contributed by atoms with van der Waals surface area (Å²) in [5, 5.41) is 8.32. The normalized spacial score (nSPS) is 20.6. The van der Waals surface area contributed by atoms with E-state index < -0.39 is 21.9 Å². The summed E-state index contributed by atoms with van der Waals surface area (Å²) in [6, 6.07) is 0. The van der Waals surface area contributed by atoms with Gasteiger partial charge in [-0.1, -0.05) is 26.2 Å². The molecule has 6 heteroatoms. The van der Waals surface area contributed by atoms with E-state index in [0.29, 0.717) is 12.8 Å². The number of carbonyl (C=O) groups is 1. The predicted octanol–water partition coefficient (Wildman–Crippen LogP) is 0.959. The lowest BCUT2D eigenvalue weighted by atomic mass is 10.0. The van der Waals surface area contributed by atoms with E-state index in [1.165, 1.54) is 6.92 Å². The van der Waals surface area contributed by atoms with Gasteiger partial charge in [-0.15, -0.1) is 0 Å². The van der Waals surface area contributed by atoms with Crippen molar-refractivity contribution in [3.05, 3.63) is 0 Å². The molecule has 0 radical (unpaired) electrons. The van der Waals surface area contributed by atoms with Crippen LogP contribution in [0.3, 0.4) is 0 Å². The van der Waals surface area contributed by atoms with Gasteiger partial charge in [0.15, 0.2) is 0 Å². The van der Waals surface area contributed by atoms with Crippen molar-refractivity contribution in [3.63, 3.8) is 0 Å². The minimum atomic E-state index is -3.33. The van der Waals surface area contributed by atoms with Crippen LogP contribution in [0.4, 0.5) is 0 Å². The number of hydrogen-bond donors (Lipinski definition) is 2. The van der Waals surface area contributed by atoms with E-state index in [9.17, 15) is 13.2 Å². The Hall–Kier alpha value is -0.620. The van der Waals surface area contributed by atoms with Crippen molar-refractivity contribution in [2.45, 2.75) is 44.3 Å². The summed E-state index contributed by atoms with van der Waals surface area (Å²) in [5.41, 5.74) is 0. The summed E-state index contributed by atoms with van der Waals surface area (Å²) in [6.07, 6.45) is 4.37. The number of aliphatic carboxylic acids is 1. The Balaban J connectivity index is 2.47. The highest BCUT2D eigenvalue weighted by Gasteiger charge is 2.27. The van der Waals surface area contributed by atoms with E-state index in [-0.39, 0.29) is 11.8 Å². The highest BCUT2D eigenvalue weighted by molar-refractivity contribution is 7.90. The van der Waals surface area contributed by atoms with Gasteiger partial charge in [0.25, 0.3) is 0 Å². The Morgan fingerprint density at radius 1 is 1.38 bits per heavy atom. The van der Waals surface area contributed by atoms with Crippen LogP contribution in [0.5, 0.6) is 0 Å². The van der Waals surface area contributed by atoms with Crippen molar-refractivity contribution in [1.29, 1.82) is 0 Å². The molecule has 0 aliphatic heterocycles. The molecule has 0 amide bonds. The molecule has 1 aliphatic rings. The molecule has 0 saturated heterocycles. The van der Waals surface area contributed by atoms with Gasteiger partial charge < -0.3 is 5.11 Å². The quantitative estimate of drug-likeness (QED) is 0.760. The van der Waals surface area contributed by atoms with Gasteiger partial charge in [-0.2, -0.15) is 0 Å². The lowest BCUT2D eigenvalue weighted by molar-refractivity contribution is -0.140. The maximum absolute atomic E-state index is 11.8. The summed E-state index contributed by atoms with van der Waals surface area (Å²) in [5.74, 6) is -1.66. The van der Waals surface area contributed by atoms with E-state index in [2.05, 4.69) is 4.72 Å². The van der Waals surface area contributed by atoms with Gasteiger partial charge in [0.1, 0.15) is 0 Å². The molecular formula is C10H19NO4S. The third-order valence-corrected chi connectivity index (χ3v) is 4.92. The number of carboxylic acid groups (broad SMARTS) is 1. The Bertz CT molecular complexity index is 333. The topological polar surface area (TPSA) is 83.5 Å². The molecular weight excluding hydrogens is 230 g/mol. The molecule has 94 valence electrons. The van der Waals surface area contributed by atoms with E-state index in [1.54, 1.807) is 0 Å². The van der Waals surface area contributed by atoms with Crippen LogP contribution in [-0.2, 0) is 14.8 Å². The highest BCUT2D eigenvalue weighted by Crippen LogP contribution is 2.22. The summed E-state index contributed by atoms with van der Waals surface area (Å²) >= 11 is 0. The van der Waals surface area contributed by atoms with Gasteiger partial charge in [0.2, 0.25) is 10.0 Å². The second kappa shape index (κ2) is 5.63. The van der Waals surface area contributed by atoms with Gasteiger partial charge in [0.05, 0.1) is 11.2 Å². The Kier molecular flexibility index (Phi) is 4.73. The zero-order valence-electron chi connectivity index (χ0n) is 9.48. The number of sulfonamides is 1. The first-order valence-corrected chi connectivity index (χ1v) is 7.19. The molecule has 16 heavy (non-hydrogen) atoms. The van der Waals surface area contributed by atoms with Crippen LogP contribution in [-0.4, -0.2) is 31.3 Å². The Morgan fingerprint density at radius 3 is 2.44 bits per heavy atom. The van der Waals surface area contributed by atoms with Gasteiger partial charge in [-0.3, -0.25) is 4.79 Å². The van der Waals surface area contributed by atoms with E-state index in [4.69, 9.17) is 5.11 Å². The largest absolute Gasteiger partial charge is 0.481 e. The Morgan fingerprint density at radius 2 is 1.94 bits per heavy atom. The standard InChI is InChI=1S/C10H19NO4S/c1-8(10(12)13)7-11-16(14,15)9-5-3-2-4-6-9/h8-9,11H,2-7H2,1H3,(H,12,13). The number of nitrogens with one attached hydrogen (secondary N) is 1. The average molecular weight is 249 g/mol. The van der Waals surface area contributed by atoms with E-state index in [1.807, 2.05) is 0 Å². The molecule has 1 fully saturated rings. The van der Waals surface area contributed by atoms with Crippen molar-refractivity contribution >= 4 is 16.0 Å². The van der Waals surface area contributed by atoms with Crippen molar-refractivity contribution in [2.24, 2.45) is 5.92 Å². The van der Waals surface area contributed by atoms with Crippen LogP contribution in [0, 0.1) is 5.92 Å². The summed E-state index contributed by atoms with van der Waals surface area (Å²) in [4.78, 5) is 10.6. The van der Waals surface area contributed by atoms with Crippen LogP contribution in [0.15, 0.2) is 0 Å². The zero-order valence-corrected chi connectivity index (χ0v) is 10.3. The molecule has 1 rings (SSSR count). The molecule has 0 spiro atoms. The van der Waals surface area contributed by atoms with Gasteiger partial charge in [-0.25, -0.2) is 13.1 Å². The van der Waals surface area contributed by atoms with E-state index >= 15 is 0 Å². The maximum atomic E-state index is 11.8. The smallest absolute Gasteiger partial charge is 0.307 e. The third kappa shape index (κ3) is 3.75. The number of carboxylic acids is 1. The molecule has 1 aliphatic carbocycles. The molecule has 2 N–H and O–H groups in total. The minimum Gasteiger partial charge on any atom is -0.481 e. The summed E-state index contributed by atoms with van der Waals surface area (Å²) in [6.45, 7) is 1.47. The molecule has 5 nitrogen and oxygen atoms in total. The fourth-order valence-electron chi connectivity index (χ4n) is 1.82. The zero-order chi connectivity index (χ0) is 12.2. The maximum Gasteiger partial charge on any atom is 0.307 e. The van der Waals surface area contributed by atoms with Crippen LogP contribution in [0.25, 0.3) is 0 Å². The monoisotopic (exact) mass is 249 g/mol. The van der Waals surface area contributed by atoms with Crippen LogP contribution < -0.4 is 4.72 Å². The molecule has 0 heterocycles. The van der Waals surface area contributed by atoms with Gasteiger partial charge in [-0.05, 0) is 12.8 Å². The van der Waals surface area contributed by atoms with Gasteiger partial charge >= 0.3 is 5.97 Å². The molecule has 0 aromatic heterocycles. The second-order valence-electron chi connectivity index (χ2n) is 4.39. The highest BCUT2D eigenvalue weighted by atomic mass is 32.2. The molecule has 1 unspecified atom stereocenters. The fourth-order valence-corrected chi connectivity index (χ4v) is 3.49. The van der Waals surface area contributed by atoms with Crippen LogP contribution in [0.2, 0.25) is 0 Å². The lowest BCUT2D eigenvalue weighted by Gasteiger charge is -2.22. The van der Waals surface area contributed by atoms with Crippen molar-refractivity contribution in [1.82, 2.24) is 4.72 Å². The van der Waals surface area contributed by atoms with E-state index in [0.717, 1.165) is 19.3 Å². The average Bonchev–Trinajstić information content (AvgIpc) is 2.27. The summed E-state index contributed by atoms with van der Waals surface area (Å²) < 4.78 is 26.0. The SMILES string of the molecule is CC(CNS(=O)(=O)C1CCCCC1)C(=O)O. The number of rotatable bonds is 5. The van der Waals surface area contributed by atoms with Crippen molar-refractivity contribution < 1.29 is 18.3 Å². The first-order valence-electron chi connectivity index (χ1n) is 5.65. The van der Waals surface area contributed by atoms with Crippen molar-refractivity contribution in [2.75, 3.05) is 6.54 Å². The lowest BCUT2D eigenvalue weighted by Crippen LogP contribution is -2.39. The fraction of sp³-hybridized carbons (Fsp3) is 0.900. The van der Waals surface area contributed by atoms with Gasteiger partial charge in [0, 0.05) is 6.54 Å². The predicted molar refractivity (Wildman–Crippen MR) is 60.6 cm³/mol. The molecule has 1 atom stereocenters. The molecule has 1 saturated carbocycles. The first kappa shape index (κ1) is 13.4. The van der Waals surface area contributed by atoms with Crippen LogP contribution >= 0.6 is 0 Å².